The molecule has 2 aliphatic heterocycles. The molecule has 0 unspecified atom stereocenters. The molecule has 36 heavy (non-hydrogen) atoms. The summed E-state index contributed by atoms with van der Waals surface area (Å²) in [5.41, 5.74) is 0.877. The number of carbonyl (C=O) groups excluding carboxylic acids is 1. The zero-order valence-corrected chi connectivity index (χ0v) is 22.7. The lowest BCUT2D eigenvalue weighted by Crippen LogP contribution is -2.59. The van der Waals surface area contributed by atoms with Gasteiger partial charge in [-0.25, -0.2) is 4.39 Å². The zero-order chi connectivity index (χ0) is 25.6. The lowest BCUT2D eigenvalue weighted by atomic mass is 9.44. The molecular formula is C30H45FO5. The molecule has 202 valence electrons. The van der Waals surface area contributed by atoms with E-state index in [9.17, 15) is 14.3 Å². The highest BCUT2D eigenvalue weighted by atomic mass is 19.1. The van der Waals surface area contributed by atoms with E-state index in [2.05, 4.69) is 33.8 Å². The number of ether oxygens (including phenoxy) is 3. The van der Waals surface area contributed by atoms with Gasteiger partial charge in [0.05, 0.1) is 18.8 Å². The molecule has 2 heterocycles. The van der Waals surface area contributed by atoms with Crippen LogP contribution < -0.4 is 0 Å². The smallest absolute Gasteiger partial charge is 0.305 e. The fraction of sp³-hybridized carbons (Fsp3) is 0.900. The first kappa shape index (κ1) is 25.3. The van der Waals surface area contributed by atoms with Gasteiger partial charge in [0.25, 0.3) is 0 Å². The first-order chi connectivity index (χ1) is 17.0. The topological polar surface area (TPSA) is 65.0 Å². The molecule has 5 nitrogen and oxygen atoms in total. The predicted octanol–water partition coefficient (Wildman–Crippen LogP) is 5.59. The summed E-state index contributed by atoms with van der Waals surface area (Å²) in [6, 6.07) is 0. The number of alkyl halides is 1. The molecule has 4 aliphatic carbocycles. The lowest BCUT2D eigenvalue weighted by molar-refractivity contribution is -0.265. The average Bonchev–Trinajstić information content (AvgIpc) is 3.28. The van der Waals surface area contributed by atoms with Crippen LogP contribution in [0.25, 0.3) is 0 Å². The van der Waals surface area contributed by atoms with Crippen molar-refractivity contribution in [2.75, 3.05) is 6.61 Å². The first-order valence-corrected chi connectivity index (χ1v) is 14.6. The van der Waals surface area contributed by atoms with E-state index in [1.807, 2.05) is 6.92 Å². The van der Waals surface area contributed by atoms with Crippen molar-refractivity contribution in [1.82, 2.24) is 0 Å². The van der Waals surface area contributed by atoms with Gasteiger partial charge in [-0.05, 0) is 67.6 Å². The van der Waals surface area contributed by atoms with Crippen molar-refractivity contribution in [3.8, 4) is 0 Å². The molecule has 0 aromatic rings. The Hall–Kier alpha value is -0.980. The van der Waals surface area contributed by atoms with Crippen LogP contribution in [0.4, 0.5) is 4.39 Å². The number of carbonyl (C=O) groups is 1. The third kappa shape index (κ3) is 3.38. The van der Waals surface area contributed by atoms with E-state index >= 15 is 0 Å². The summed E-state index contributed by atoms with van der Waals surface area (Å²) >= 11 is 0. The molecule has 2 saturated heterocycles. The summed E-state index contributed by atoms with van der Waals surface area (Å²) in [5, 5.41) is 10.3. The standard InChI is InChI=1S/C30H45FO5/c1-6-26(33)35-25-13-20-19(8-7-18-11-23(32)22(31)14-28(18,20)4)21-12-24-27(29(21,25)5)17(3)30(36-24)10-9-16(2)15-34-30/h12,16-20,22-25,27,32H,6-11,13-15H2,1-5H3/t16-,17-,18-,19+,20-,22-,23-,24-,25-,27-,28-,29+,30+/m0/s1. The van der Waals surface area contributed by atoms with Crippen LogP contribution in [0.1, 0.15) is 86.0 Å². The van der Waals surface area contributed by atoms with Gasteiger partial charge in [-0.15, -0.1) is 0 Å². The molecule has 3 saturated carbocycles. The summed E-state index contributed by atoms with van der Waals surface area (Å²) in [5.74, 6) is 1.13. The van der Waals surface area contributed by atoms with Crippen LogP contribution in [0.2, 0.25) is 0 Å². The molecular weight excluding hydrogens is 459 g/mol. The number of fused-ring (bicyclic) bond motifs is 7. The Labute approximate surface area is 215 Å². The second-order valence-corrected chi connectivity index (χ2v) is 13.7. The second-order valence-electron chi connectivity index (χ2n) is 13.7. The third-order valence-corrected chi connectivity index (χ3v) is 11.9. The molecule has 0 radical (unpaired) electrons. The SMILES string of the molecule is CCC(=O)O[C@H]1C[C@H]2[C@@H](CC[C@H]3C[C@H](O)[C@@H](F)C[C@@]32C)C2=C[C@@H]3O[C@]4(CC[C@H](C)CO4)[C@@H](C)[C@@H]3[C@]21C. The van der Waals surface area contributed by atoms with Crippen molar-refractivity contribution in [1.29, 1.82) is 0 Å². The highest BCUT2D eigenvalue weighted by molar-refractivity contribution is 5.69. The van der Waals surface area contributed by atoms with Gasteiger partial charge < -0.3 is 19.3 Å². The first-order valence-electron chi connectivity index (χ1n) is 14.6. The third-order valence-electron chi connectivity index (χ3n) is 11.9. The van der Waals surface area contributed by atoms with E-state index in [0.717, 1.165) is 38.7 Å². The van der Waals surface area contributed by atoms with Crippen LogP contribution >= 0.6 is 0 Å². The normalized spacial score (nSPS) is 55.8. The number of aliphatic hydroxyl groups is 1. The van der Waals surface area contributed by atoms with Crippen LogP contribution in [0.15, 0.2) is 11.6 Å². The molecule has 1 spiro atoms. The van der Waals surface area contributed by atoms with Crippen molar-refractivity contribution in [2.24, 2.45) is 46.3 Å². The largest absolute Gasteiger partial charge is 0.461 e. The number of esters is 1. The van der Waals surface area contributed by atoms with Crippen molar-refractivity contribution in [3.05, 3.63) is 11.6 Å². The minimum atomic E-state index is -1.18. The van der Waals surface area contributed by atoms with E-state index < -0.39 is 18.1 Å². The van der Waals surface area contributed by atoms with Crippen LogP contribution in [0, 0.1) is 46.3 Å². The number of hydrogen-bond acceptors (Lipinski definition) is 5. The van der Waals surface area contributed by atoms with Crippen LogP contribution in [-0.4, -0.2) is 48.0 Å². The Morgan fingerprint density at radius 1 is 1.22 bits per heavy atom. The van der Waals surface area contributed by atoms with E-state index in [0.29, 0.717) is 37.0 Å². The minimum Gasteiger partial charge on any atom is -0.461 e. The monoisotopic (exact) mass is 504 g/mol. The summed E-state index contributed by atoms with van der Waals surface area (Å²) in [6.07, 6.45) is 6.19. The molecule has 0 bridgehead atoms. The highest BCUT2D eigenvalue weighted by Crippen LogP contribution is 2.70. The lowest BCUT2D eigenvalue weighted by Gasteiger charge is -2.61. The Morgan fingerprint density at radius 2 is 2.00 bits per heavy atom. The Balaban J connectivity index is 1.38. The molecule has 6 heteroatoms. The maximum atomic E-state index is 14.9. The van der Waals surface area contributed by atoms with E-state index in [4.69, 9.17) is 14.2 Å². The van der Waals surface area contributed by atoms with E-state index in [1.54, 1.807) is 0 Å². The summed E-state index contributed by atoms with van der Waals surface area (Å²) in [7, 11) is 0. The number of halogens is 1. The van der Waals surface area contributed by atoms with Gasteiger partial charge in [0.1, 0.15) is 12.3 Å². The van der Waals surface area contributed by atoms with E-state index in [-0.39, 0.29) is 46.8 Å². The molecule has 0 aromatic carbocycles. The number of hydrogen-bond donors (Lipinski definition) is 1. The minimum absolute atomic E-state index is 0.0392. The van der Waals surface area contributed by atoms with Crippen LogP contribution in [0.3, 0.4) is 0 Å². The van der Waals surface area contributed by atoms with Gasteiger partial charge in [0.2, 0.25) is 0 Å². The Kier molecular flexibility index (Phi) is 5.98. The zero-order valence-electron chi connectivity index (χ0n) is 22.7. The van der Waals surface area contributed by atoms with Crippen molar-refractivity contribution in [2.45, 2.75) is 116 Å². The maximum Gasteiger partial charge on any atom is 0.305 e. The average molecular weight is 505 g/mol. The quantitative estimate of drug-likeness (QED) is 0.392. The van der Waals surface area contributed by atoms with Crippen molar-refractivity contribution in [3.63, 3.8) is 0 Å². The van der Waals surface area contributed by atoms with Crippen molar-refractivity contribution >= 4 is 5.97 Å². The van der Waals surface area contributed by atoms with Gasteiger partial charge in [-0.1, -0.05) is 46.3 Å². The molecule has 0 aromatic heterocycles. The van der Waals surface area contributed by atoms with Gasteiger partial charge in [0, 0.05) is 30.1 Å². The Morgan fingerprint density at radius 3 is 2.69 bits per heavy atom. The summed E-state index contributed by atoms with van der Waals surface area (Å²) < 4.78 is 34.5. The van der Waals surface area contributed by atoms with Gasteiger partial charge in [-0.2, -0.15) is 0 Å². The summed E-state index contributed by atoms with van der Waals surface area (Å²) in [6.45, 7) is 11.7. The van der Waals surface area contributed by atoms with E-state index in [1.165, 1.54) is 5.57 Å². The fourth-order valence-electron chi connectivity index (χ4n) is 9.85. The molecule has 6 aliphatic rings. The molecule has 6 rings (SSSR count). The van der Waals surface area contributed by atoms with Gasteiger partial charge in [-0.3, -0.25) is 4.79 Å². The van der Waals surface area contributed by atoms with Crippen LogP contribution in [-0.2, 0) is 19.0 Å². The Bertz CT molecular complexity index is 926. The molecule has 1 N–H and O–H groups in total. The van der Waals surface area contributed by atoms with Crippen molar-refractivity contribution < 1.29 is 28.5 Å². The molecule has 0 amide bonds. The fourth-order valence-corrected chi connectivity index (χ4v) is 9.85. The second kappa shape index (κ2) is 8.51. The van der Waals surface area contributed by atoms with Crippen LogP contribution in [0.5, 0.6) is 0 Å². The molecule has 5 fully saturated rings. The highest BCUT2D eigenvalue weighted by Gasteiger charge is 2.69. The molecule has 13 atom stereocenters. The maximum absolute atomic E-state index is 14.9. The summed E-state index contributed by atoms with van der Waals surface area (Å²) in [4.78, 5) is 12.7. The van der Waals surface area contributed by atoms with Gasteiger partial charge in [0.15, 0.2) is 5.79 Å². The number of aliphatic hydroxyl groups excluding tert-OH is 1. The number of rotatable bonds is 2. The predicted molar refractivity (Wildman–Crippen MR) is 134 cm³/mol. The van der Waals surface area contributed by atoms with Gasteiger partial charge >= 0.3 is 5.97 Å².